The van der Waals surface area contributed by atoms with Gasteiger partial charge in [-0.05, 0) is 43.2 Å². The van der Waals surface area contributed by atoms with Crippen molar-refractivity contribution < 1.29 is 14.0 Å². The van der Waals surface area contributed by atoms with Crippen molar-refractivity contribution in [2.24, 2.45) is 5.73 Å². The van der Waals surface area contributed by atoms with Gasteiger partial charge in [0.1, 0.15) is 22.3 Å². The molecule has 1 saturated heterocycles. The predicted octanol–water partition coefficient (Wildman–Crippen LogP) is 2.57. The van der Waals surface area contributed by atoms with Crippen molar-refractivity contribution in [1.82, 2.24) is 19.2 Å². The maximum Gasteiger partial charge on any atom is 0.254 e. The Morgan fingerprint density at radius 2 is 1.77 bits per heavy atom. The lowest BCUT2D eigenvalue weighted by Gasteiger charge is -2.36. The zero-order chi connectivity index (χ0) is 21.8. The number of imidazole rings is 1. The van der Waals surface area contributed by atoms with Crippen molar-refractivity contribution in [2.45, 2.75) is 18.4 Å². The number of pyridine rings is 1. The minimum absolute atomic E-state index is 0.0423. The summed E-state index contributed by atoms with van der Waals surface area (Å²) in [4.78, 5) is 33.0. The van der Waals surface area contributed by atoms with E-state index in [4.69, 9.17) is 17.3 Å². The number of hydrogen-bond acceptors (Lipinski definition) is 4. The van der Waals surface area contributed by atoms with Crippen LogP contribution in [0, 0.1) is 5.82 Å². The van der Waals surface area contributed by atoms with Gasteiger partial charge >= 0.3 is 0 Å². The van der Waals surface area contributed by atoms with E-state index < -0.39 is 11.4 Å². The number of carbonyl (C=O) groups is 2. The third-order valence-corrected chi connectivity index (χ3v) is 6.37. The Morgan fingerprint density at radius 1 is 1.06 bits per heavy atom. The molecule has 0 bridgehead atoms. The van der Waals surface area contributed by atoms with E-state index in [2.05, 4.69) is 4.98 Å². The summed E-state index contributed by atoms with van der Waals surface area (Å²) in [5, 5.41) is 0.308. The summed E-state index contributed by atoms with van der Waals surface area (Å²) < 4.78 is 16.6. The minimum atomic E-state index is -0.704. The van der Waals surface area contributed by atoms with Crippen molar-refractivity contribution in [1.29, 1.82) is 0 Å². The average Bonchev–Trinajstić information content (AvgIpc) is 3.46. The first-order chi connectivity index (χ1) is 14.9. The number of nitrogens with zero attached hydrogens (tertiary/aromatic N) is 4. The third-order valence-electron chi connectivity index (χ3n) is 6.01. The minimum Gasteiger partial charge on any atom is -0.338 e. The number of hydrogen-bond donors (Lipinski definition) is 1. The first kappa shape index (κ1) is 20.0. The highest BCUT2D eigenvalue weighted by Gasteiger charge is 2.48. The van der Waals surface area contributed by atoms with Gasteiger partial charge in [0.25, 0.3) is 5.91 Å². The smallest absolute Gasteiger partial charge is 0.254 e. The summed E-state index contributed by atoms with van der Waals surface area (Å²) in [6.45, 7) is 1.65. The molecule has 31 heavy (non-hydrogen) atoms. The number of benzene rings is 1. The van der Waals surface area contributed by atoms with Crippen molar-refractivity contribution >= 4 is 29.1 Å². The monoisotopic (exact) mass is 441 g/mol. The van der Waals surface area contributed by atoms with Gasteiger partial charge in [0.05, 0.1) is 5.54 Å². The molecule has 2 fully saturated rings. The normalized spacial score (nSPS) is 17.8. The van der Waals surface area contributed by atoms with Gasteiger partial charge in [-0.15, -0.1) is 0 Å². The van der Waals surface area contributed by atoms with E-state index in [9.17, 15) is 14.0 Å². The Hall–Kier alpha value is -2.97. The number of halogens is 2. The van der Waals surface area contributed by atoms with Crippen LogP contribution in [0.25, 0.3) is 16.9 Å². The van der Waals surface area contributed by atoms with Crippen molar-refractivity contribution in [2.75, 3.05) is 26.2 Å². The Bertz CT molecular complexity index is 1200. The van der Waals surface area contributed by atoms with Gasteiger partial charge in [-0.3, -0.25) is 14.0 Å². The van der Waals surface area contributed by atoms with Crippen LogP contribution in [0.2, 0.25) is 5.15 Å². The van der Waals surface area contributed by atoms with E-state index in [1.54, 1.807) is 32.5 Å². The van der Waals surface area contributed by atoms with Crippen molar-refractivity contribution in [3.63, 3.8) is 0 Å². The summed E-state index contributed by atoms with van der Waals surface area (Å²) in [6.07, 6.45) is 3.18. The van der Waals surface area contributed by atoms with Gasteiger partial charge in [-0.2, -0.15) is 0 Å². The second-order valence-electron chi connectivity index (χ2n) is 8.12. The lowest BCUT2D eigenvalue weighted by molar-refractivity contribution is -0.135. The zero-order valence-electron chi connectivity index (χ0n) is 16.7. The molecule has 1 aliphatic heterocycles. The highest BCUT2D eigenvalue weighted by atomic mass is 35.5. The summed E-state index contributed by atoms with van der Waals surface area (Å²) in [5.41, 5.74) is 6.71. The molecule has 1 aliphatic carbocycles. The number of carbonyl (C=O) groups excluding carboxylic acids is 2. The molecule has 2 amide bonds. The molecule has 0 atom stereocenters. The second kappa shape index (κ2) is 7.32. The number of rotatable bonds is 3. The quantitative estimate of drug-likeness (QED) is 0.677. The molecule has 3 aromatic rings. The Morgan fingerprint density at radius 3 is 2.42 bits per heavy atom. The maximum atomic E-state index is 14.9. The molecule has 2 aliphatic rings. The van der Waals surface area contributed by atoms with Crippen LogP contribution in [0.4, 0.5) is 4.39 Å². The van der Waals surface area contributed by atoms with Crippen molar-refractivity contribution in [3.05, 3.63) is 59.1 Å². The average molecular weight is 442 g/mol. The molecule has 3 heterocycles. The standard InChI is InChI=1S/C22H21ClFN5O2/c23-19-18(26-17-3-1-2-8-29(17)19)15-5-4-14(13-16(15)24)20(30)27-9-11-28(12-10-27)21(31)22(25)6-7-22/h1-5,8,13H,6-7,9-12,25H2. The molecular weight excluding hydrogens is 421 g/mol. The van der Waals surface area contributed by atoms with Gasteiger partial charge in [-0.25, -0.2) is 9.37 Å². The number of aromatic nitrogens is 2. The largest absolute Gasteiger partial charge is 0.338 e. The van der Waals surface area contributed by atoms with E-state index >= 15 is 0 Å². The van der Waals surface area contributed by atoms with Crippen LogP contribution in [0.1, 0.15) is 23.2 Å². The molecule has 5 rings (SSSR count). The van der Waals surface area contributed by atoms with Gasteiger partial charge in [0.15, 0.2) is 0 Å². The van der Waals surface area contributed by atoms with E-state index in [0.29, 0.717) is 55.5 Å². The molecule has 7 nitrogen and oxygen atoms in total. The maximum absolute atomic E-state index is 14.9. The van der Waals surface area contributed by atoms with Crippen LogP contribution >= 0.6 is 11.6 Å². The van der Waals surface area contributed by atoms with E-state index in [1.807, 2.05) is 12.1 Å². The van der Waals surface area contributed by atoms with Gasteiger partial charge in [0.2, 0.25) is 5.91 Å². The van der Waals surface area contributed by atoms with Crippen LogP contribution in [0.5, 0.6) is 0 Å². The molecule has 0 spiro atoms. The molecule has 2 N–H and O–H groups in total. The summed E-state index contributed by atoms with van der Waals surface area (Å²) >= 11 is 6.38. The predicted molar refractivity (Wildman–Crippen MR) is 114 cm³/mol. The lowest BCUT2D eigenvalue weighted by atomic mass is 10.1. The molecule has 160 valence electrons. The van der Waals surface area contributed by atoms with E-state index in [0.717, 1.165) is 0 Å². The fraction of sp³-hybridized carbons (Fsp3) is 0.318. The second-order valence-corrected chi connectivity index (χ2v) is 8.47. The molecule has 2 aromatic heterocycles. The summed E-state index contributed by atoms with van der Waals surface area (Å²) in [7, 11) is 0. The molecule has 0 unspecified atom stereocenters. The number of piperazine rings is 1. The highest BCUT2D eigenvalue weighted by molar-refractivity contribution is 6.32. The number of fused-ring (bicyclic) bond motifs is 1. The zero-order valence-corrected chi connectivity index (χ0v) is 17.5. The first-order valence-corrected chi connectivity index (χ1v) is 10.6. The first-order valence-electron chi connectivity index (χ1n) is 10.2. The van der Waals surface area contributed by atoms with Gasteiger partial charge in [-0.1, -0.05) is 17.7 Å². The van der Waals surface area contributed by atoms with E-state index in [1.165, 1.54) is 12.1 Å². The van der Waals surface area contributed by atoms with Crippen LogP contribution in [-0.2, 0) is 4.79 Å². The van der Waals surface area contributed by atoms with Crippen LogP contribution in [-0.4, -0.2) is 62.7 Å². The molecule has 1 aromatic carbocycles. The third kappa shape index (κ3) is 3.45. The summed E-state index contributed by atoms with van der Waals surface area (Å²) in [5.74, 6) is -0.879. The number of nitrogens with two attached hydrogens (primary N) is 1. The fourth-order valence-corrected chi connectivity index (χ4v) is 4.22. The van der Waals surface area contributed by atoms with Crippen LogP contribution in [0.3, 0.4) is 0 Å². The Labute approximate surface area is 183 Å². The Kier molecular flexibility index (Phi) is 4.71. The molecule has 0 radical (unpaired) electrons. The van der Waals surface area contributed by atoms with Crippen molar-refractivity contribution in [3.8, 4) is 11.3 Å². The number of amides is 2. The SMILES string of the molecule is NC1(C(=O)N2CCN(C(=O)c3ccc(-c4nc5ccccn5c4Cl)c(F)c3)CC2)CC1. The van der Waals surface area contributed by atoms with Crippen LogP contribution in [0.15, 0.2) is 42.6 Å². The Balaban J connectivity index is 1.32. The fourth-order valence-electron chi connectivity index (χ4n) is 3.94. The molecule has 1 saturated carbocycles. The highest BCUT2D eigenvalue weighted by Crippen LogP contribution is 2.34. The molecular formula is C22H21ClFN5O2. The topological polar surface area (TPSA) is 83.9 Å². The lowest BCUT2D eigenvalue weighted by Crippen LogP contribution is -2.55. The van der Waals surface area contributed by atoms with Gasteiger partial charge in [0, 0.05) is 43.5 Å². The van der Waals surface area contributed by atoms with Gasteiger partial charge < -0.3 is 15.5 Å². The summed E-state index contributed by atoms with van der Waals surface area (Å²) in [6, 6.07) is 9.75. The molecule has 9 heteroatoms. The van der Waals surface area contributed by atoms with E-state index in [-0.39, 0.29) is 22.9 Å². The van der Waals surface area contributed by atoms with Crippen LogP contribution < -0.4 is 5.73 Å².